The van der Waals surface area contributed by atoms with Crippen LogP contribution in [0.5, 0.6) is 0 Å². The van der Waals surface area contributed by atoms with Gasteiger partial charge in [-0.25, -0.2) is 4.98 Å². The first kappa shape index (κ1) is 18.6. The van der Waals surface area contributed by atoms with E-state index < -0.39 is 0 Å². The number of aromatic nitrogens is 1. The lowest BCUT2D eigenvalue weighted by atomic mass is 10.1. The molecule has 0 spiro atoms. The number of amides is 2. The van der Waals surface area contributed by atoms with E-state index in [1.807, 2.05) is 35.2 Å². The molecule has 1 aromatic carbocycles. The first-order chi connectivity index (χ1) is 12.6. The van der Waals surface area contributed by atoms with E-state index in [0.717, 1.165) is 41.9 Å². The van der Waals surface area contributed by atoms with Gasteiger partial charge in [-0.15, -0.1) is 11.3 Å². The van der Waals surface area contributed by atoms with Gasteiger partial charge < -0.3 is 10.2 Å². The number of hydrogen-bond donors (Lipinski definition) is 1. The van der Waals surface area contributed by atoms with Crippen molar-refractivity contribution in [3.05, 3.63) is 35.2 Å². The van der Waals surface area contributed by atoms with Crippen molar-refractivity contribution in [3.63, 3.8) is 0 Å². The number of hydrogen-bond acceptors (Lipinski definition) is 4. The normalized spacial score (nSPS) is 16.9. The van der Waals surface area contributed by atoms with E-state index in [1.165, 1.54) is 11.3 Å². The predicted octanol–water partition coefficient (Wildman–Crippen LogP) is 3.96. The van der Waals surface area contributed by atoms with Crippen molar-refractivity contribution in [1.29, 1.82) is 0 Å². The van der Waals surface area contributed by atoms with Crippen molar-refractivity contribution in [2.45, 2.75) is 39.5 Å². The van der Waals surface area contributed by atoms with Crippen molar-refractivity contribution < 1.29 is 9.59 Å². The van der Waals surface area contributed by atoms with Gasteiger partial charge in [0, 0.05) is 30.0 Å². The Kier molecular flexibility index (Phi) is 6.04. The quantitative estimate of drug-likeness (QED) is 0.801. The van der Waals surface area contributed by atoms with E-state index in [0.29, 0.717) is 18.1 Å². The first-order valence-electron chi connectivity index (χ1n) is 9.26. The third-order valence-corrected chi connectivity index (χ3v) is 5.78. The number of carbonyl (C=O) groups is 2. The Balaban J connectivity index is 1.69. The third-order valence-electron chi connectivity index (χ3n) is 4.66. The zero-order chi connectivity index (χ0) is 18.5. The average Bonchev–Trinajstić information content (AvgIpc) is 3.24. The number of unbranched alkanes of at least 4 members (excludes halogenated alkanes) is 1. The largest absolute Gasteiger partial charge is 0.342 e. The summed E-state index contributed by atoms with van der Waals surface area (Å²) < 4.78 is 0. The second kappa shape index (κ2) is 8.45. The number of benzene rings is 1. The number of nitrogens with zero attached hydrogens (tertiary/aromatic N) is 2. The fourth-order valence-corrected chi connectivity index (χ4v) is 4.11. The number of aryl methyl sites for hydroxylation is 1. The summed E-state index contributed by atoms with van der Waals surface area (Å²) in [5.74, 6) is -0.307. The fraction of sp³-hybridized carbons (Fsp3) is 0.450. The highest BCUT2D eigenvalue weighted by molar-refractivity contribution is 7.16. The monoisotopic (exact) mass is 371 g/mol. The molecule has 1 N–H and O–H groups in total. The third kappa shape index (κ3) is 4.12. The molecule has 2 amide bonds. The molecule has 1 atom stereocenters. The van der Waals surface area contributed by atoms with Gasteiger partial charge in [0.25, 0.3) is 0 Å². The van der Waals surface area contributed by atoms with Gasteiger partial charge in [0.1, 0.15) is 0 Å². The molecule has 26 heavy (non-hydrogen) atoms. The number of nitrogens with one attached hydrogen (secondary N) is 1. The molecule has 1 aliphatic heterocycles. The Bertz CT molecular complexity index is 773. The Labute approximate surface area is 158 Å². The highest BCUT2D eigenvalue weighted by atomic mass is 32.1. The highest BCUT2D eigenvalue weighted by Gasteiger charge is 2.34. The SMILES string of the molecule is CCCCN1C[C@H](C(=O)Nc2nc(-c3ccccc3)c(CC)s2)CC1=O. The van der Waals surface area contributed by atoms with Crippen molar-refractivity contribution in [3.8, 4) is 11.3 Å². The summed E-state index contributed by atoms with van der Waals surface area (Å²) >= 11 is 1.52. The first-order valence-corrected chi connectivity index (χ1v) is 10.1. The van der Waals surface area contributed by atoms with Crippen molar-refractivity contribution in [2.24, 2.45) is 5.92 Å². The predicted molar refractivity (Wildman–Crippen MR) is 105 cm³/mol. The summed E-state index contributed by atoms with van der Waals surface area (Å²) in [7, 11) is 0. The van der Waals surface area contributed by atoms with Gasteiger partial charge in [-0.3, -0.25) is 9.59 Å². The number of likely N-dealkylation sites (tertiary alicyclic amines) is 1. The molecule has 3 rings (SSSR count). The Hall–Kier alpha value is -2.21. The maximum absolute atomic E-state index is 12.6. The van der Waals surface area contributed by atoms with Crippen molar-refractivity contribution in [2.75, 3.05) is 18.4 Å². The number of rotatable bonds is 7. The van der Waals surface area contributed by atoms with Crippen LogP contribution in [-0.2, 0) is 16.0 Å². The van der Waals surface area contributed by atoms with Gasteiger partial charge in [0.15, 0.2) is 5.13 Å². The fourth-order valence-electron chi connectivity index (χ4n) is 3.19. The summed E-state index contributed by atoms with van der Waals surface area (Å²) in [4.78, 5) is 32.3. The van der Waals surface area contributed by atoms with Gasteiger partial charge in [-0.1, -0.05) is 50.6 Å². The molecule has 0 aliphatic carbocycles. The zero-order valence-electron chi connectivity index (χ0n) is 15.3. The van der Waals surface area contributed by atoms with Crippen LogP contribution in [0.4, 0.5) is 5.13 Å². The minimum Gasteiger partial charge on any atom is -0.342 e. The molecule has 1 aromatic heterocycles. The maximum Gasteiger partial charge on any atom is 0.231 e. The van der Waals surface area contributed by atoms with E-state index in [-0.39, 0.29) is 17.7 Å². The molecule has 2 aromatic rings. The van der Waals surface area contributed by atoms with Crippen LogP contribution in [0.3, 0.4) is 0 Å². The Morgan fingerprint density at radius 1 is 1.31 bits per heavy atom. The molecule has 0 saturated carbocycles. The molecule has 1 aliphatic rings. The van der Waals surface area contributed by atoms with Crippen molar-refractivity contribution in [1.82, 2.24) is 9.88 Å². The van der Waals surface area contributed by atoms with E-state index in [4.69, 9.17) is 0 Å². The number of anilines is 1. The number of thiazole rings is 1. The molecule has 0 unspecified atom stereocenters. The van der Waals surface area contributed by atoms with Crippen molar-refractivity contribution >= 4 is 28.3 Å². The van der Waals surface area contributed by atoms with E-state index >= 15 is 0 Å². The molecule has 6 heteroatoms. The van der Waals surface area contributed by atoms with Gasteiger partial charge in [-0.2, -0.15) is 0 Å². The van der Waals surface area contributed by atoms with Gasteiger partial charge in [0.05, 0.1) is 11.6 Å². The number of carbonyl (C=O) groups excluding carboxylic acids is 2. The standard InChI is InChI=1S/C20H25N3O2S/c1-3-5-11-23-13-15(12-17(23)24)19(25)22-20-21-18(16(4-2)26-20)14-9-7-6-8-10-14/h6-10,15H,3-5,11-13H2,1-2H3,(H,21,22,25)/t15-/m1/s1. The lowest BCUT2D eigenvalue weighted by Gasteiger charge is -2.15. The molecule has 0 bridgehead atoms. The maximum atomic E-state index is 12.6. The van der Waals surface area contributed by atoms with E-state index in [1.54, 1.807) is 0 Å². The van der Waals surface area contributed by atoms with Gasteiger partial charge in [-0.05, 0) is 12.8 Å². The molecular weight excluding hydrogens is 346 g/mol. The minimum absolute atomic E-state index is 0.0805. The van der Waals surface area contributed by atoms with Gasteiger partial charge >= 0.3 is 0 Å². The van der Waals surface area contributed by atoms with Crippen LogP contribution in [0.15, 0.2) is 30.3 Å². The summed E-state index contributed by atoms with van der Waals surface area (Å²) in [6, 6.07) is 10.0. The van der Waals surface area contributed by atoms with Crippen LogP contribution in [0, 0.1) is 5.92 Å². The lowest BCUT2D eigenvalue weighted by Crippen LogP contribution is -2.29. The second-order valence-corrected chi connectivity index (χ2v) is 7.68. The second-order valence-electron chi connectivity index (χ2n) is 6.59. The molecule has 0 radical (unpaired) electrons. The Morgan fingerprint density at radius 2 is 2.08 bits per heavy atom. The molecule has 5 nitrogen and oxygen atoms in total. The van der Waals surface area contributed by atoms with E-state index in [9.17, 15) is 9.59 Å². The van der Waals surface area contributed by atoms with Crippen LogP contribution in [-0.4, -0.2) is 34.8 Å². The molecular formula is C20H25N3O2S. The summed E-state index contributed by atoms with van der Waals surface area (Å²) in [5.41, 5.74) is 1.99. The molecule has 138 valence electrons. The minimum atomic E-state index is -0.284. The van der Waals surface area contributed by atoms with E-state index in [2.05, 4.69) is 24.1 Å². The highest BCUT2D eigenvalue weighted by Crippen LogP contribution is 2.32. The van der Waals surface area contributed by atoms with Gasteiger partial charge in [0.2, 0.25) is 11.8 Å². The summed E-state index contributed by atoms with van der Waals surface area (Å²) in [5, 5.41) is 3.55. The Morgan fingerprint density at radius 3 is 2.77 bits per heavy atom. The zero-order valence-corrected chi connectivity index (χ0v) is 16.1. The summed E-state index contributed by atoms with van der Waals surface area (Å²) in [6.07, 6.45) is 3.19. The summed E-state index contributed by atoms with van der Waals surface area (Å²) in [6.45, 7) is 5.45. The smallest absolute Gasteiger partial charge is 0.231 e. The molecule has 2 heterocycles. The van der Waals surface area contributed by atoms with Crippen LogP contribution in [0.25, 0.3) is 11.3 Å². The molecule has 1 saturated heterocycles. The van der Waals surface area contributed by atoms with Crippen LogP contribution in [0.1, 0.15) is 38.0 Å². The lowest BCUT2D eigenvalue weighted by molar-refractivity contribution is -0.128. The topological polar surface area (TPSA) is 62.3 Å². The average molecular weight is 372 g/mol. The van der Waals surface area contributed by atoms with Crippen LogP contribution in [0.2, 0.25) is 0 Å². The van der Waals surface area contributed by atoms with Crippen LogP contribution < -0.4 is 5.32 Å². The van der Waals surface area contributed by atoms with Crippen LogP contribution >= 0.6 is 11.3 Å². The molecule has 1 fully saturated rings.